The van der Waals surface area contributed by atoms with Crippen molar-refractivity contribution in [3.63, 3.8) is 0 Å². The summed E-state index contributed by atoms with van der Waals surface area (Å²) in [7, 11) is 5.37. The molecule has 4 heterocycles. The molecule has 0 spiro atoms. The summed E-state index contributed by atoms with van der Waals surface area (Å²) < 4.78 is 45.1. The van der Waals surface area contributed by atoms with Gasteiger partial charge in [0.15, 0.2) is 12.6 Å². The number of rotatable bonds is 9. The molecule has 292 valence electrons. The van der Waals surface area contributed by atoms with Crippen LogP contribution in [-0.4, -0.2) is 143 Å². The van der Waals surface area contributed by atoms with Gasteiger partial charge in [0, 0.05) is 31.4 Å². The number of fused-ring (bicyclic) bond motifs is 2. The first-order chi connectivity index (χ1) is 23.1. The fourth-order valence-electron chi connectivity index (χ4n) is 9.20. The monoisotopic (exact) mass is 717 g/mol. The molecule has 0 radical (unpaired) electrons. The number of aliphatic hydroxyl groups is 4. The molecule has 0 aromatic heterocycles. The van der Waals surface area contributed by atoms with Crippen LogP contribution in [0.15, 0.2) is 0 Å². The Kier molecular flexibility index (Phi) is 13.2. The van der Waals surface area contributed by atoms with E-state index in [9.17, 15) is 25.2 Å². The Bertz CT molecular complexity index is 1140. The zero-order valence-corrected chi connectivity index (χ0v) is 32.6. The highest BCUT2D eigenvalue weighted by atomic mass is 16.7. The van der Waals surface area contributed by atoms with Crippen LogP contribution in [0.4, 0.5) is 0 Å². The molecule has 4 aliphatic heterocycles. The van der Waals surface area contributed by atoms with Crippen LogP contribution in [0.25, 0.3) is 0 Å². The van der Waals surface area contributed by atoms with Crippen molar-refractivity contribution in [2.45, 2.75) is 185 Å². The number of cyclic esters (lactones) is 1. The standard InChI is InChI=1S/C37H67NO12/c1-14-25(39)37(10,43)32-20(4)28-18(2)16-36(9,50-28)31(49-34-27(40)24(38(11)12)15-19(3)45-34)21(5)29(22(6)33(42)48-32)47-26-17-35(8,44-13)30(41)23(7)46-26/h18-32,34,39-41,43H,14-17H2,1-13H3/t18?,19?,20-,21-,22+,23?,24?,25+,26-,27?,28?,29-,30-,31+,32+,34-,35?,36?,37+/m0/s1. The first-order valence-corrected chi connectivity index (χ1v) is 18.6. The molecule has 50 heavy (non-hydrogen) atoms. The summed E-state index contributed by atoms with van der Waals surface area (Å²) in [6, 6.07) is -0.213. The highest BCUT2D eigenvalue weighted by Crippen LogP contribution is 2.48. The van der Waals surface area contributed by atoms with E-state index in [1.54, 1.807) is 27.7 Å². The number of aliphatic hydroxyl groups excluding tert-OH is 3. The minimum Gasteiger partial charge on any atom is -0.459 e. The Hall–Kier alpha value is -0.970. The molecule has 13 heteroatoms. The molecule has 0 aromatic rings. The van der Waals surface area contributed by atoms with Crippen LogP contribution in [0.3, 0.4) is 0 Å². The van der Waals surface area contributed by atoms with Gasteiger partial charge in [0.25, 0.3) is 0 Å². The third-order valence-electron chi connectivity index (χ3n) is 12.4. The lowest BCUT2D eigenvalue weighted by Gasteiger charge is -2.48. The van der Waals surface area contributed by atoms with E-state index in [0.29, 0.717) is 12.8 Å². The van der Waals surface area contributed by atoms with Crippen LogP contribution in [0, 0.1) is 23.7 Å². The van der Waals surface area contributed by atoms with Gasteiger partial charge in [-0.25, -0.2) is 0 Å². The normalized spacial score (nSPS) is 49.6. The van der Waals surface area contributed by atoms with E-state index in [1.165, 1.54) is 14.0 Å². The summed E-state index contributed by atoms with van der Waals surface area (Å²) >= 11 is 0. The van der Waals surface area contributed by atoms with Gasteiger partial charge in [0.05, 0.1) is 53.7 Å². The van der Waals surface area contributed by atoms with Crippen molar-refractivity contribution in [1.82, 2.24) is 4.90 Å². The number of ether oxygens (including phenoxy) is 7. The lowest BCUT2D eigenvalue weighted by atomic mass is 9.76. The first kappa shape index (κ1) is 41.8. The zero-order valence-electron chi connectivity index (χ0n) is 32.6. The van der Waals surface area contributed by atoms with Crippen LogP contribution in [0.5, 0.6) is 0 Å². The second-order valence-corrected chi connectivity index (χ2v) is 16.8. The number of methoxy groups -OCH3 is 1. The number of carbonyl (C=O) groups is 1. The third kappa shape index (κ3) is 8.08. The molecule has 2 bridgehead atoms. The van der Waals surface area contributed by atoms with Gasteiger partial charge in [-0.1, -0.05) is 27.7 Å². The van der Waals surface area contributed by atoms with Gasteiger partial charge in [0.2, 0.25) is 0 Å². The Labute approximate surface area is 299 Å². The van der Waals surface area contributed by atoms with E-state index in [1.807, 2.05) is 46.7 Å². The molecule has 0 aromatic carbocycles. The predicted molar refractivity (Wildman–Crippen MR) is 184 cm³/mol. The smallest absolute Gasteiger partial charge is 0.311 e. The van der Waals surface area contributed by atoms with Gasteiger partial charge in [-0.05, 0) is 80.8 Å². The van der Waals surface area contributed by atoms with Crippen molar-refractivity contribution >= 4 is 5.97 Å². The van der Waals surface area contributed by atoms with Gasteiger partial charge in [-0.2, -0.15) is 0 Å². The maximum atomic E-state index is 14.3. The summed E-state index contributed by atoms with van der Waals surface area (Å²) in [6.07, 6.45) is -7.36. The average molecular weight is 718 g/mol. The fraction of sp³-hybridized carbons (Fsp3) is 0.973. The molecule has 4 N–H and O–H groups in total. The maximum Gasteiger partial charge on any atom is 0.311 e. The summed E-state index contributed by atoms with van der Waals surface area (Å²) in [5, 5.41) is 45.2. The minimum absolute atomic E-state index is 0.0580. The van der Waals surface area contributed by atoms with Crippen molar-refractivity contribution in [3.8, 4) is 0 Å². The second-order valence-electron chi connectivity index (χ2n) is 16.8. The molecule has 8 unspecified atom stereocenters. The van der Waals surface area contributed by atoms with E-state index >= 15 is 0 Å². The van der Waals surface area contributed by atoms with Crippen molar-refractivity contribution < 1.29 is 58.4 Å². The van der Waals surface area contributed by atoms with Crippen LogP contribution < -0.4 is 0 Å². The van der Waals surface area contributed by atoms with Gasteiger partial charge < -0.3 is 58.5 Å². The molecular weight excluding hydrogens is 650 g/mol. The largest absolute Gasteiger partial charge is 0.459 e. The van der Waals surface area contributed by atoms with Crippen LogP contribution in [-0.2, 0) is 38.0 Å². The Morgan fingerprint density at radius 2 is 1.66 bits per heavy atom. The number of hydrogen-bond donors (Lipinski definition) is 4. The Morgan fingerprint density at radius 1 is 1.02 bits per heavy atom. The fourth-order valence-corrected chi connectivity index (χ4v) is 9.20. The highest BCUT2D eigenvalue weighted by molar-refractivity contribution is 5.73. The van der Waals surface area contributed by atoms with E-state index in [0.717, 1.165) is 0 Å². The highest BCUT2D eigenvalue weighted by Gasteiger charge is 2.59. The predicted octanol–water partition coefficient (Wildman–Crippen LogP) is 2.62. The quantitative estimate of drug-likeness (QED) is 0.258. The number of likely N-dealkylation sites (N-methyl/N-ethyl adjacent to an activating group) is 1. The van der Waals surface area contributed by atoms with Gasteiger partial charge in [-0.3, -0.25) is 4.79 Å². The third-order valence-corrected chi connectivity index (χ3v) is 12.4. The number of nitrogens with zero attached hydrogens (tertiary/aromatic N) is 1. The molecule has 19 atom stereocenters. The lowest BCUT2D eigenvalue weighted by Crippen LogP contribution is -2.60. The van der Waals surface area contributed by atoms with E-state index in [2.05, 4.69) is 6.92 Å². The molecule has 0 saturated carbocycles. The molecule has 4 saturated heterocycles. The molecule has 4 aliphatic rings. The molecule has 4 rings (SSSR count). The second kappa shape index (κ2) is 15.8. The van der Waals surface area contributed by atoms with Gasteiger partial charge >= 0.3 is 5.97 Å². The van der Waals surface area contributed by atoms with Crippen LogP contribution in [0.1, 0.15) is 94.9 Å². The number of esters is 1. The van der Waals surface area contributed by atoms with E-state index in [-0.39, 0.29) is 30.9 Å². The molecule has 0 aliphatic carbocycles. The maximum absolute atomic E-state index is 14.3. The molecule has 13 nitrogen and oxygen atoms in total. The number of hydrogen-bond acceptors (Lipinski definition) is 13. The minimum atomic E-state index is -1.78. The van der Waals surface area contributed by atoms with Crippen molar-refractivity contribution in [1.29, 1.82) is 0 Å². The summed E-state index contributed by atoms with van der Waals surface area (Å²) in [5.74, 6) is -2.67. The van der Waals surface area contributed by atoms with E-state index < -0.39 is 102 Å². The number of carbonyl (C=O) groups excluding carboxylic acids is 1. The molecule has 4 fully saturated rings. The lowest BCUT2D eigenvalue weighted by molar-refractivity contribution is -0.318. The SMILES string of the molecule is CC[C@@H](O)[C@@](C)(O)[C@@H]1OC(=O)[C@H](C)[C@@H](O[C@H]2CC(C)(OC)[C@@H](O)C(C)O2)[C@H](C)[C@@H](O[C@@H]2OC(C)CC(N(C)C)C2O)C2(C)CC(C)C(O2)[C@@H]1C. The van der Waals surface area contributed by atoms with Crippen LogP contribution >= 0.6 is 0 Å². The van der Waals surface area contributed by atoms with E-state index in [4.69, 9.17) is 33.2 Å². The molecular formula is C37H67NO12. The summed E-state index contributed by atoms with van der Waals surface area (Å²) in [5.41, 5.74) is -3.72. The van der Waals surface area contributed by atoms with Gasteiger partial charge in [0.1, 0.15) is 23.9 Å². The molecule has 0 amide bonds. The van der Waals surface area contributed by atoms with Crippen molar-refractivity contribution in [2.24, 2.45) is 23.7 Å². The Balaban J connectivity index is 1.82. The topological polar surface area (TPSA) is 166 Å². The summed E-state index contributed by atoms with van der Waals surface area (Å²) in [4.78, 5) is 16.3. The Morgan fingerprint density at radius 3 is 2.24 bits per heavy atom. The first-order valence-electron chi connectivity index (χ1n) is 18.6. The van der Waals surface area contributed by atoms with Crippen LogP contribution in [0.2, 0.25) is 0 Å². The van der Waals surface area contributed by atoms with Gasteiger partial charge in [-0.15, -0.1) is 0 Å². The average Bonchev–Trinajstić information content (AvgIpc) is 3.36. The zero-order chi connectivity index (χ0) is 37.7. The summed E-state index contributed by atoms with van der Waals surface area (Å²) in [6.45, 7) is 18.3. The van der Waals surface area contributed by atoms with Crippen molar-refractivity contribution in [3.05, 3.63) is 0 Å². The van der Waals surface area contributed by atoms with Crippen molar-refractivity contribution in [2.75, 3.05) is 21.2 Å².